The summed E-state index contributed by atoms with van der Waals surface area (Å²) in [5.41, 5.74) is 1.02. The molecule has 106 valence electrons. The molecule has 5 heteroatoms. The lowest BCUT2D eigenvalue weighted by Gasteiger charge is -2.18. The maximum atomic E-state index is 12.3. The van der Waals surface area contributed by atoms with E-state index in [0.29, 0.717) is 29.2 Å². The monoisotopic (exact) mass is 292 g/mol. The Morgan fingerprint density at radius 2 is 2.15 bits per heavy atom. The minimum atomic E-state index is -0.432. The summed E-state index contributed by atoms with van der Waals surface area (Å²) >= 11 is 6.19. The number of pyridine rings is 1. The standard InChI is InChI=1S/C15H17ClN2O2/c1-10(19)7-8-18(2)15(20)14-9-12(16)11-5-3-4-6-13(11)17-14/h3-6,9-10,19H,7-8H2,1-2H3. The summed E-state index contributed by atoms with van der Waals surface area (Å²) in [5.74, 6) is -0.196. The number of aliphatic hydroxyl groups is 1. The van der Waals surface area contributed by atoms with E-state index < -0.39 is 6.10 Å². The van der Waals surface area contributed by atoms with Crippen LogP contribution in [-0.2, 0) is 0 Å². The van der Waals surface area contributed by atoms with E-state index >= 15 is 0 Å². The van der Waals surface area contributed by atoms with Crippen molar-refractivity contribution < 1.29 is 9.90 Å². The summed E-state index contributed by atoms with van der Waals surface area (Å²) < 4.78 is 0. The van der Waals surface area contributed by atoms with E-state index in [4.69, 9.17) is 11.6 Å². The fourth-order valence-electron chi connectivity index (χ4n) is 1.92. The smallest absolute Gasteiger partial charge is 0.272 e. The zero-order valence-electron chi connectivity index (χ0n) is 11.5. The van der Waals surface area contributed by atoms with Crippen molar-refractivity contribution in [2.75, 3.05) is 13.6 Å². The fourth-order valence-corrected chi connectivity index (χ4v) is 2.18. The Bertz CT molecular complexity index is 628. The van der Waals surface area contributed by atoms with Crippen LogP contribution in [-0.4, -0.2) is 40.6 Å². The molecule has 0 spiro atoms. The minimum absolute atomic E-state index is 0.196. The van der Waals surface area contributed by atoms with Crippen LogP contribution in [0.15, 0.2) is 30.3 Å². The van der Waals surface area contributed by atoms with Gasteiger partial charge in [0.1, 0.15) is 5.69 Å². The number of halogens is 1. The van der Waals surface area contributed by atoms with Crippen LogP contribution in [0, 0.1) is 0 Å². The van der Waals surface area contributed by atoms with Crippen molar-refractivity contribution in [1.82, 2.24) is 9.88 Å². The number of hydrogen-bond acceptors (Lipinski definition) is 3. The molecule has 0 aliphatic carbocycles. The van der Waals surface area contributed by atoms with Gasteiger partial charge in [-0.05, 0) is 25.5 Å². The van der Waals surface area contributed by atoms with Gasteiger partial charge in [0.05, 0.1) is 16.6 Å². The van der Waals surface area contributed by atoms with Crippen LogP contribution in [0.2, 0.25) is 5.02 Å². The number of benzene rings is 1. The summed E-state index contributed by atoms with van der Waals surface area (Å²) in [6.45, 7) is 2.17. The fraction of sp³-hybridized carbons (Fsp3) is 0.333. The lowest BCUT2D eigenvalue weighted by Crippen LogP contribution is -2.30. The van der Waals surface area contributed by atoms with Crippen molar-refractivity contribution >= 4 is 28.4 Å². The van der Waals surface area contributed by atoms with Crippen molar-refractivity contribution in [3.63, 3.8) is 0 Å². The topological polar surface area (TPSA) is 53.4 Å². The zero-order chi connectivity index (χ0) is 14.7. The molecule has 0 saturated heterocycles. The third-order valence-electron chi connectivity index (χ3n) is 3.11. The predicted octanol–water partition coefficient (Wildman–Crippen LogP) is 2.73. The number of rotatable bonds is 4. The second-order valence-electron chi connectivity index (χ2n) is 4.87. The number of amides is 1. The van der Waals surface area contributed by atoms with Gasteiger partial charge in [0, 0.05) is 19.0 Å². The SMILES string of the molecule is CC(O)CCN(C)C(=O)c1cc(Cl)c2ccccc2n1. The third-order valence-corrected chi connectivity index (χ3v) is 3.43. The Labute approximate surface area is 123 Å². The first-order valence-electron chi connectivity index (χ1n) is 6.48. The van der Waals surface area contributed by atoms with Gasteiger partial charge in [0.25, 0.3) is 5.91 Å². The number of carbonyl (C=O) groups excluding carboxylic acids is 1. The van der Waals surface area contributed by atoms with Crippen molar-refractivity contribution in [2.45, 2.75) is 19.4 Å². The Kier molecular flexibility index (Phi) is 4.57. The zero-order valence-corrected chi connectivity index (χ0v) is 12.3. The van der Waals surface area contributed by atoms with Crippen LogP contribution >= 0.6 is 11.6 Å². The first-order valence-corrected chi connectivity index (χ1v) is 6.85. The van der Waals surface area contributed by atoms with Gasteiger partial charge < -0.3 is 10.0 Å². The van der Waals surface area contributed by atoms with E-state index in [9.17, 15) is 9.90 Å². The van der Waals surface area contributed by atoms with Gasteiger partial charge in [0.15, 0.2) is 0 Å². The van der Waals surface area contributed by atoms with Crippen LogP contribution in [0.1, 0.15) is 23.8 Å². The largest absolute Gasteiger partial charge is 0.393 e. The molecule has 1 unspecified atom stereocenters. The van der Waals surface area contributed by atoms with Crippen molar-refractivity contribution in [3.8, 4) is 0 Å². The van der Waals surface area contributed by atoms with E-state index in [0.717, 1.165) is 5.39 Å². The molecule has 2 aromatic rings. The lowest BCUT2D eigenvalue weighted by atomic mass is 10.2. The number of hydrogen-bond donors (Lipinski definition) is 1. The molecule has 1 atom stereocenters. The molecule has 1 amide bonds. The molecule has 0 radical (unpaired) electrons. The molecular weight excluding hydrogens is 276 g/mol. The number of aromatic nitrogens is 1. The number of carbonyl (C=O) groups is 1. The van der Waals surface area contributed by atoms with E-state index in [-0.39, 0.29) is 5.91 Å². The van der Waals surface area contributed by atoms with Crippen molar-refractivity contribution in [2.24, 2.45) is 0 Å². The van der Waals surface area contributed by atoms with Crippen molar-refractivity contribution in [1.29, 1.82) is 0 Å². The Morgan fingerprint density at radius 3 is 2.85 bits per heavy atom. The van der Waals surface area contributed by atoms with Gasteiger partial charge in [-0.3, -0.25) is 4.79 Å². The third kappa shape index (κ3) is 3.26. The first kappa shape index (κ1) is 14.8. The number of para-hydroxylation sites is 1. The summed E-state index contributed by atoms with van der Waals surface area (Å²) in [7, 11) is 1.69. The Hall–Kier alpha value is -1.65. The molecule has 4 nitrogen and oxygen atoms in total. The van der Waals surface area contributed by atoms with E-state index in [1.54, 1.807) is 24.9 Å². The number of fused-ring (bicyclic) bond motifs is 1. The second-order valence-corrected chi connectivity index (χ2v) is 5.28. The molecule has 0 aliphatic heterocycles. The van der Waals surface area contributed by atoms with Crippen LogP contribution in [0.5, 0.6) is 0 Å². The average molecular weight is 293 g/mol. The molecule has 1 N–H and O–H groups in total. The molecule has 0 fully saturated rings. The van der Waals surface area contributed by atoms with Crippen molar-refractivity contribution in [3.05, 3.63) is 41.0 Å². The summed E-state index contributed by atoms with van der Waals surface area (Å²) in [5, 5.41) is 10.6. The Balaban J connectivity index is 2.26. The first-order chi connectivity index (χ1) is 9.49. The van der Waals surface area contributed by atoms with Gasteiger partial charge in [-0.1, -0.05) is 29.8 Å². The normalized spacial score (nSPS) is 12.4. The quantitative estimate of drug-likeness (QED) is 0.943. The highest BCUT2D eigenvalue weighted by atomic mass is 35.5. The van der Waals surface area contributed by atoms with E-state index in [1.807, 2.05) is 24.3 Å². The van der Waals surface area contributed by atoms with Crippen LogP contribution in [0.25, 0.3) is 10.9 Å². The number of aliphatic hydroxyl groups excluding tert-OH is 1. The van der Waals surface area contributed by atoms with Gasteiger partial charge >= 0.3 is 0 Å². The van der Waals surface area contributed by atoms with Gasteiger partial charge in [0.2, 0.25) is 0 Å². The highest BCUT2D eigenvalue weighted by Crippen LogP contribution is 2.23. The molecule has 1 aromatic carbocycles. The molecular formula is C15H17ClN2O2. The van der Waals surface area contributed by atoms with Gasteiger partial charge in [-0.2, -0.15) is 0 Å². The van der Waals surface area contributed by atoms with Crippen LogP contribution in [0.4, 0.5) is 0 Å². The Morgan fingerprint density at radius 1 is 1.45 bits per heavy atom. The summed E-state index contributed by atoms with van der Waals surface area (Å²) in [6.07, 6.45) is 0.0993. The molecule has 0 saturated carbocycles. The maximum absolute atomic E-state index is 12.3. The molecule has 2 rings (SSSR count). The summed E-state index contributed by atoms with van der Waals surface area (Å²) in [4.78, 5) is 18.2. The van der Waals surface area contributed by atoms with Crippen LogP contribution in [0.3, 0.4) is 0 Å². The predicted molar refractivity (Wildman–Crippen MR) is 80.0 cm³/mol. The summed E-state index contributed by atoms with van der Waals surface area (Å²) in [6, 6.07) is 9.03. The molecule has 0 aliphatic rings. The molecule has 1 aromatic heterocycles. The maximum Gasteiger partial charge on any atom is 0.272 e. The van der Waals surface area contributed by atoms with Crippen LogP contribution < -0.4 is 0 Å². The van der Waals surface area contributed by atoms with Gasteiger partial charge in [-0.25, -0.2) is 4.98 Å². The van der Waals surface area contributed by atoms with E-state index in [2.05, 4.69) is 4.98 Å². The van der Waals surface area contributed by atoms with Gasteiger partial charge in [-0.15, -0.1) is 0 Å². The highest BCUT2D eigenvalue weighted by Gasteiger charge is 2.15. The highest BCUT2D eigenvalue weighted by molar-refractivity contribution is 6.35. The minimum Gasteiger partial charge on any atom is -0.393 e. The molecule has 1 heterocycles. The van der Waals surface area contributed by atoms with E-state index in [1.165, 1.54) is 0 Å². The average Bonchev–Trinajstić information content (AvgIpc) is 2.43. The molecule has 0 bridgehead atoms. The number of nitrogens with zero attached hydrogens (tertiary/aromatic N) is 2. The lowest BCUT2D eigenvalue weighted by molar-refractivity contribution is 0.0763. The molecule has 20 heavy (non-hydrogen) atoms. The second kappa shape index (κ2) is 6.20.